The molecule has 3 rings (SSSR count). The van der Waals surface area contributed by atoms with E-state index < -0.39 is 0 Å². The van der Waals surface area contributed by atoms with Crippen LogP contribution in [0.15, 0.2) is 91.3 Å². The molecule has 2 nitrogen and oxygen atoms in total. The number of hydrogen-bond donors (Lipinski definition) is 0. The van der Waals surface area contributed by atoms with E-state index in [-0.39, 0.29) is 5.41 Å². The van der Waals surface area contributed by atoms with E-state index in [0.29, 0.717) is 10.8 Å². The maximum Gasteiger partial charge on any atom is 0.155 e. The lowest BCUT2D eigenvalue weighted by atomic mass is 9.71. The zero-order chi connectivity index (χ0) is 22.7. The number of hydrogen-bond acceptors (Lipinski definition) is 2. The van der Waals surface area contributed by atoms with Gasteiger partial charge >= 0.3 is 0 Å². The van der Waals surface area contributed by atoms with E-state index in [2.05, 4.69) is 73.4 Å². The van der Waals surface area contributed by atoms with Gasteiger partial charge in [0, 0.05) is 23.4 Å². The van der Waals surface area contributed by atoms with Crippen molar-refractivity contribution >= 4 is 11.6 Å². The minimum atomic E-state index is -0.286. The maximum absolute atomic E-state index is 6.21. The van der Waals surface area contributed by atoms with Gasteiger partial charge in [0.15, 0.2) is 5.15 Å². The molecule has 1 heterocycles. The molecule has 158 valence electrons. The Morgan fingerprint density at radius 2 is 1.37 bits per heavy atom. The molecule has 2 aromatic carbocycles. The second-order valence-electron chi connectivity index (χ2n) is 7.26. The summed E-state index contributed by atoms with van der Waals surface area (Å²) in [7, 11) is 0. The Bertz CT molecular complexity index is 959. The molecule has 0 bridgehead atoms. The van der Waals surface area contributed by atoms with Crippen molar-refractivity contribution in [3.8, 4) is 11.3 Å². The lowest BCUT2D eigenvalue weighted by molar-refractivity contribution is 0.677. The van der Waals surface area contributed by atoms with Crippen molar-refractivity contribution in [2.45, 2.75) is 47.0 Å². The van der Waals surface area contributed by atoms with Crippen molar-refractivity contribution in [1.82, 2.24) is 9.97 Å². The SMILES string of the molecule is C=C(C)C.C=C(C)C(C)(c1ccccc1)c1cccc(-c2nccnc2Cl)c1.CC. The van der Waals surface area contributed by atoms with Crippen LogP contribution in [-0.4, -0.2) is 9.97 Å². The van der Waals surface area contributed by atoms with Crippen LogP contribution in [0, 0.1) is 0 Å². The highest BCUT2D eigenvalue weighted by atomic mass is 35.5. The van der Waals surface area contributed by atoms with Gasteiger partial charge in [-0.1, -0.05) is 91.7 Å². The Morgan fingerprint density at radius 3 is 1.90 bits per heavy atom. The van der Waals surface area contributed by atoms with Crippen molar-refractivity contribution in [3.05, 3.63) is 108 Å². The van der Waals surface area contributed by atoms with E-state index in [1.807, 2.05) is 45.9 Å². The molecule has 1 atom stereocenters. The summed E-state index contributed by atoms with van der Waals surface area (Å²) in [6.07, 6.45) is 3.25. The van der Waals surface area contributed by atoms with Crippen molar-refractivity contribution < 1.29 is 0 Å². The molecule has 0 saturated heterocycles. The lowest BCUT2D eigenvalue weighted by Gasteiger charge is -2.32. The summed E-state index contributed by atoms with van der Waals surface area (Å²) >= 11 is 6.21. The predicted octanol–water partition coefficient (Wildman–Crippen LogP) is 8.29. The fourth-order valence-corrected chi connectivity index (χ4v) is 3.14. The number of aromatic nitrogens is 2. The number of rotatable bonds is 4. The summed E-state index contributed by atoms with van der Waals surface area (Å²) in [4.78, 5) is 8.50. The standard InChI is InChI=1S/C21H19ClN2.C4H8.C2H6/c1-15(2)21(3,17-9-5-4-6-10-17)18-11-7-8-16(14-18)19-20(22)24-13-12-23-19;1-4(2)3;1-2/h4-14H,1H2,2-3H3;1H2,2-3H3;1-2H3. The summed E-state index contributed by atoms with van der Waals surface area (Å²) in [5.41, 5.74) is 5.97. The molecular formula is C27H33ClN2. The zero-order valence-electron chi connectivity index (χ0n) is 19.0. The first kappa shape index (κ1) is 25.3. The minimum Gasteiger partial charge on any atom is -0.251 e. The minimum absolute atomic E-state index is 0.286. The zero-order valence-corrected chi connectivity index (χ0v) is 19.8. The van der Waals surface area contributed by atoms with Gasteiger partial charge in [-0.15, -0.1) is 6.58 Å². The van der Waals surface area contributed by atoms with Gasteiger partial charge in [-0.3, -0.25) is 4.98 Å². The van der Waals surface area contributed by atoms with Crippen molar-refractivity contribution in [2.75, 3.05) is 0 Å². The molecule has 0 spiro atoms. The van der Waals surface area contributed by atoms with E-state index in [0.717, 1.165) is 16.7 Å². The fraction of sp³-hybridized carbons (Fsp3) is 0.259. The first-order valence-electron chi connectivity index (χ1n) is 10.2. The monoisotopic (exact) mass is 420 g/mol. The Morgan fingerprint density at radius 1 is 0.833 bits per heavy atom. The number of benzene rings is 2. The molecule has 0 saturated carbocycles. The molecular weight excluding hydrogens is 388 g/mol. The van der Waals surface area contributed by atoms with Gasteiger partial charge in [0.2, 0.25) is 0 Å². The van der Waals surface area contributed by atoms with Crippen LogP contribution >= 0.6 is 11.6 Å². The second-order valence-corrected chi connectivity index (χ2v) is 7.61. The van der Waals surface area contributed by atoms with Gasteiger partial charge in [-0.05, 0) is 44.9 Å². The van der Waals surface area contributed by atoms with Crippen molar-refractivity contribution in [3.63, 3.8) is 0 Å². The number of halogens is 1. The molecule has 1 aromatic heterocycles. The van der Waals surface area contributed by atoms with E-state index >= 15 is 0 Å². The fourth-order valence-electron chi connectivity index (χ4n) is 2.92. The quantitative estimate of drug-likeness (QED) is 0.396. The summed E-state index contributed by atoms with van der Waals surface area (Å²) in [5.74, 6) is 0. The van der Waals surface area contributed by atoms with Gasteiger partial charge in [-0.25, -0.2) is 4.98 Å². The number of nitrogens with zero attached hydrogens (tertiary/aromatic N) is 2. The molecule has 0 aliphatic rings. The summed E-state index contributed by atoms with van der Waals surface area (Å²) < 4.78 is 0. The third-order valence-electron chi connectivity index (χ3n) is 4.57. The maximum atomic E-state index is 6.21. The summed E-state index contributed by atoms with van der Waals surface area (Å²) in [5, 5.41) is 0.409. The second kappa shape index (κ2) is 12.1. The molecule has 1 unspecified atom stereocenters. The van der Waals surface area contributed by atoms with Gasteiger partial charge in [0.05, 0.1) is 0 Å². The van der Waals surface area contributed by atoms with Crippen molar-refractivity contribution in [1.29, 1.82) is 0 Å². The molecule has 3 aromatic rings. The highest BCUT2D eigenvalue weighted by molar-refractivity contribution is 6.31. The van der Waals surface area contributed by atoms with Crippen LogP contribution in [-0.2, 0) is 5.41 Å². The van der Waals surface area contributed by atoms with E-state index in [4.69, 9.17) is 11.6 Å². The molecule has 30 heavy (non-hydrogen) atoms. The van der Waals surface area contributed by atoms with E-state index in [1.54, 1.807) is 12.4 Å². The molecule has 0 N–H and O–H groups in total. The van der Waals surface area contributed by atoms with Gasteiger partial charge in [0.1, 0.15) is 5.69 Å². The Labute approximate surface area is 187 Å². The van der Waals surface area contributed by atoms with Crippen LogP contribution in [0.5, 0.6) is 0 Å². The number of allylic oxidation sites excluding steroid dienone is 2. The lowest BCUT2D eigenvalue weighted by Crippen LogP contribution is -2.24. The largest absolute Gasteiger partial charge is 0.251 e. The molecule has 0 amide bonds. The van der Waals surface area contributed by atoms with Crippen molar-refractivity contribution in [2.24, 2.45) is 0 Å². The Hall–Kier alpha value is -2.71. The topological polar surface area (TPSA) is 25.8 Å². The summed E-state index contributed by atoms with van der Waals surface area (Å²) in [6, 6.07) is 18.7. The molecule has 0 aliphatic heterocycles. The summed E-state index contributed by atoms with van der Waals surface area (Å²) in [6.45, 7) is 20.0. The van der Waals surface area contributed by atoms with E-state index in [9.17, 15) is 0 Å². The Kier molecular flexibility index (Phi) is 10.2. The van der Waals surface area contributed by atoms with Crippen LogP contribution in [0.1, 0.15) is 52.7 Å². The smallest absolute Gasteiger partial charge is 0.155 e. The average Bonchev–Trinajstić information content (AvgIpc) is 2.75. The van der Waals surface area contributed by atoms with Crippen LogP contribution in [0.2, 0.25) is 5.15 Å². The van der Waals surface area contributed by atoms with E-state index in [1.165, 1.54) is 11.1 Å². The third kappa shape index (κ3) is 6.40. The average molecular weight is 421 g/mol. The van der Waals surface area contributed by atoms with Crippen LogP contribution in [0.4, 0.5) is 0 Å². The molecule has 0 fully saturated rings. The van der Waals surface area contributed by atoms with Gasteiger partial charge in [-0.2, -0.15) is 0 Å². The highest BCUT2D eigenvalue weighted by Gasteiger charge is 2.30. The first-order chi connectivity index (χ1) is 14.3. The highest BCUT2D eigenvalue weighted by Crippen LogP contribution is 2.39. The van der Waals surface area contributed by atoms with Crippen LogP contribution in [0.25, 0.3) is 11.3 Å². The molecule has 0 radical (unpaired) electrons. The molecule has 3 heteroatoms. The predicted molar refractivity (Wildman–Crippen MR) is 132 cm³/mol. The van der Waals surface area contributed by atoms with Crippen LogP contribution < -0.4 is 0 Å². The Balaban J connectivity index is 0.000000673. The normalized spacial score (nSPS) is 11.7. The molecule has 0 aliphatic carbocycles. The van der Waals surface area contributed by atoms with Crippen LogP contribution in [0.3, 0.4) is 0 Å². The first-order valence-corrected chi connectivity index (χ1v) is 10.6. The van der Waals surface area contributed by atoms with Gasteiger partial charge in [0.25, 0.3) is 0 Å². The third-order valence-corrected chi connectivity index (χ3v) is 4.85. The van der Waals surface area contributed by atoms with Gasteiger partial charge < -0.3 is 0 Å².